The van der Waals surface area contributed by atoms with Gasteiger partial charge in [0.25, 0.3) is 0 Å². The van der Waals surface area contributed by atoms with Crippen LogP contribution in [0, 0.1) is 11.5 Å². The average molecular weight is 181 g/mol. The van der Waals surface area contributed by atoms with E-state index < -0.39 is 0 Å². The summed E-state index contributed by atoms with van der Waals surface area (Å²) in [6.45, 7) is 0. The number of benzene rings is 1. The topological polar surface area (TPSA) is 45.4 Å². The fourth-order valence-electron chi connectivity index (χ4n) is 0.686. The number of halogens is 1. The summed E-state index contributed by atoms with van der Waals surface area (Å²) in [6, 6.07) is 7.13. The van der Waals surface area contributed by atoms with Gasteiger partial charge in [0, 0.05) is 10.6 Å². The third-order valence-electron chi connectivity index (χ3n) is 1.19. The largest absolute Gasteiger partial charge is 0.316 e. The van der Waals surface area contributed by atoms with Crippen LogP contribution in [-0.2, 0) is 4.84 Å². The summed E-state index contributed by atoms with van der Waals surface area (Å²) in [6.07, 6.45) is 2.80. The summed E-state index contributed by atoms with van der Waals surface area (Å²) in [4.78, 5) is 4.11. The third-order valence-corrected chi connectivity index (χ3v) is 1.53. The molecular formula is C8H5ClN2O. The summed E-state index contributed by atoms with van der Waals surface area (Å²) in [5, 5.41) is 11.9. The van der Waals surface area contributed by atoms with Crippen molar-refractivity contribution in [1.82, 2.24) is 0 Å². The van der Waals surface area contributed by atoms with Crippen molar-refractivity contribution in [2.24, 2.45) is 5.16 Å². The Hall–Kier alpha value is -1.53. The lowest BCUT2D eigenvalue weighted by molar-refractivity contribution is 0.293. The maximum atomic E-state index is 7.99. The Labute approximate surface area is 74.8 Å². The molecule has 0 aromatic heterocycles. The zero-order valence-corrected chi connectivity index (χ0v) is 6.82. The van der Waals surface area contributed by atoms with Crippen molar-refractivity contribution in [2.45, 2.75) is 0 Å². The summed E-state index contributed by atoms with van der Waals surface area (Å²) >= 11 is 5.77. The fourth-order valence-corrected chi connectivity index (χ4v) is 0.871. The highest BCUT2D eigenvalue weighted by molar-refractivity contribution is 6.33. The van der Waals surface area contributed by atoms with E-state index in [1.54, 1.807) is 12.1 Å². The highest BCUT2D eigenvalue weighted by Gasteiger charge is 1.93. The minimum Gasteiger partial charge on any atom is -0.276 e. The molecule has 0 aliphatic rings. The summed E-state index contributed by atoms with van der Waals surface area (Å²) in [5.41, 5.74) is 0.717. The normalized spacial score (nSPS) is 9.67. The molecular weight excluding hydrogens is 176 g/mol. The third kappa shape index (κ3) is 2.26. The molecule has 0 amide bonds. The van der Waals surface area contributed by atoms with Crippen LogP contribution in [0.1, 0.15) is 5.56 Å². The van der Waals surface area contributed by atoms with E-state index in [1.165, 1.54) is 12.5 Å². The zero-order chi connectivity index (χ0) is 8.81. The molecule has 0 saturated carbocycles. The van der Waals surface area contributed by atoms with Gasteiger partial charge in [0.2, 0.25) is 0 Å². The second-order valence-corrected chi connectivity index (χ2v) is 2.35. The van der Waals surface area contributed by atoms with Crippen LogP contribution >= 0.6 is 11.6 Å². The first-order valence-corrected chi connectivity index (χ1v) is 3.55. The predicted molar refractivity (Wildman–Crippen MR) is 45.7 cm³/mol. The smallest absolute Gasteiger partial charge is 0.276 e. The standard InChI is InChI=1S/C8H5ClN2O/c9-8-4-2-1-3-7(8)5-11-12-6-10/h1-5H. The number of rotatable bonds is 2. The van der Waals surface area contributed by atoms with Crippen LogP contribution < -0.4 is 0 Å². The van der Waals surface area contributed by atoms with Crippen molar-refractivity contribution in [3.63, 3.8) is 0 Å². The molecule has 0 fully saturated rings. The maximum absolute atomic E-state index is 7.99. The molecule has 0 radical (unpaired) electrons. The SMILES string of the molecule is N#CON=Cc1ccccc1Cl. The van der Waals surface area contributed by atoms with Crippen LogP contribution in [0.5, 0.6) is 0 Å². The van der Waals surface area contributed by atoms with E-state index in [1.807, 2.05) is 12.1 Å². The summed E-state index contributed by atoms with van der Waals surface area (Å²) in [5.74, 6) is 0. The number of nitrogens with zero attached hydrogens (tertiary/aromatic N) is 2. The van der Waals surface area contributed by atoms with E-state index in [-0.39, 0.29) is 0 Å². The fraction of sp³-hybridized carbons (Fsp3) is 0. The average Bonchev–Trinajstić information content (AvgIpc) is 2.09. The van der Waals surface area contributed by atoms with E-state index in [0.717, 1.165) is 5.56 Å². The molecule has 3 nitrogen and oxygen atoms in total. The van der Waals surface area contributed by atoms with Crippen LogP contribution in [0.4, 0.5) is 0 Å². The second-order valence-electron chi connectivity index (χ2n) is 1.94. The lowest BCUT2D eigenvalue weighted by Crippen LogP contribution is -1.81. The molecule has 0 atom stereocenters. The Kier molecular flexibility index (Phi) is 3.12. The van der Waals surface area contributed by atoms with E-state index in [4.69, 9.17) is 16.9 Å². The summed E-state index contributed by atoms with van der Waals surface area (Å²) in [7, 11) is 0. The molecule has 1 rings (SSSR count). The van der Waals surface area contributed by atoms with E-state index in [9.17, 15) is 0 Å². The van der Waals surface area contributed by atoms with Gasteiger partial charge in [-0.2, -0.15) is 0 Å². The lowest BCUT2D eigenvalue weighted by atomic mass is 10.2. The van der Waals surface area contributed by atoms with Gasteiger partial charge in [-0.15, -0.1) is 5.26 Å². The Morgan fingerprint density at radius 3 is 2.92 bits per heavy atom. The quantitative estimate of drug-likeness (QED) is 0.398. The minimum absolute atomic E-state index is 0.572. The number of nitriles is 1. The molecule has 60 valence electrons. The molecule has 12 heavy (non-hydrogen) atoms. The van der Waals surface area contributed by atoms with Crippen molar-refractivity contribution in [2.75, 3.05) is 0 Å². The molecule has 0 spiro atoms. The van der Waals surface area contributed by atoms with Gasteiger partial charge in [0.1, 0.15) is 0 Å². The van der Waals surface area contributed by atoms with Crippen molar-refractivity contribution in [3.05, 3.63) is 34.9 Å². The van der Waals surface area contributed by atoms with Gasteiger partial charge in [0.15, 0.2) is 0 Å². The predicted octanol–water partition coefficient (Wildman–Crippen LogP) is 2.17. The van der Waals surface area contributed by atoms with Gasteiger partial charge in [-0.05, 0) is 6.07 Å². The molecule has 0 unspecified atom stereocenters. The van der Waals surface area contributed by atoms with Crippen LogP contribution in [0.2, 0.25) is 5.02 Å². The number of hydrogen-bond acceptors (Lipinski definition) is 3. The van der Waals surface area contributed by atoms with Crippen LogP contribution in [-0.4, -0.2) is 6.21 Å². The molecule has 1 aromatic carbocycles. The van der Waals surface area contributed by atoms with Crippen molar-refractivity contribution in [3.8, 4) is 6.26 Å². The van der Waals surface area contributed by atoms with Gasteiger partial charge in [-0.25, -0.2) is 0 Å². The van der Waals surface area contributed by atoms with Crippen molar-refractivity contribution >= 4 is 17.8 Å². The van der Waals surface area contributed by atoms with E-state index in [0.29, 0.717) is 5.02 Å². The van der Waals surface area contributed by atoms with Crippen molar-refractivity contribution < 1.29 is 4.84 Å². The van der Waals surface area contributed by atoms with Crippen LogP contribution in [0.15, 0.2) is 29.4 Å². The summed E-state index contributed by atoms with van der Waals surface area (Å²) < 4.78 is 0. The van der Waals surface area contributed by atoms with Gasteiger partial charge in [0.05, 0.1) is 6.21 Å². The molecule has 0 aliphatic carbocycles. The molecule has 4 heteroatoms. The molecule has 0 bridgehead atoms. The minimum atomic E-state index is 0.572. The van der Waals surface area contributed by atoms with Gasteiger partial charge in [-0.3, -0.25) is 4.84 Å². The van der Waals surface area contributed by atoms with Crippen LogP contribution in [0.25, 0.3) is 0 Å². The first-order chi connectivity index (χ1) is 5.84. The Morgan fingerprint density at radius 1 is 1.50 bits per heavy atom. The monoisotopic (exact) mass is 180 g/mol. The Bertz CT molecular complexity index is 330. The van der Waals surface area contributed by atoms with Gasteiger partial charge < -0.3 is 0 Å². The highest BCUT2D eigenvalue weighted by Crippen LogP contribution is 2.12. The first-order valence-electron chi connectivity index (χ1n) is 3.17. The van der Waals surface area contributed by atoms with Crippen LogP contribution in [0.3, 0.4) is 0 Å². The Morgan fingerprint density at radius 2 is 2.25 bits per heavy atom. The zero-order valence-electron chi connectivity index (χ0n) is 6.07. The second kappa shape index (κ2) is 4.37. The Balaban J connectivity index is 2.77. The molecule has 0 saturated heterocycles. The molecule has 0 heterocycles. The molecule has 0 aliphatic heterocycles. The van der Waals surface area contributed by atoms with Crippen molar-refractivity contribution in [1.29, 1.82) is 5.26 Å². The molecule has 1 aromatic rings. The van der Waals surface area contributed by atoms with E-state index in [2.05, 4.69) is 9.99 Å². The number of oxime groups is 1. The lowest BCUT2D eigenvalue weighted by Gasteiger charge is -1.93. The first kappa shape index (κ1) is 8.57. The number of hydrogen-bond donors (Lipinski definition) is 0. The van der Waals surface area contributed by atoms with Gasteiger partial charge >= 0.3 is 6.26 Å². The van der Waals surface area contributed by atoms with Gasteiger partial charge in [-0.1, -0.05) is 35.0 Å². The maximum Gasteiger partial charge on any atom is 0.316 e. The van der Waals surface area contributed by atoms with E-state index >= 15 is 0 Å². The molecule has 0 N–H and O–H groups in total. The highest BCUT2D eigenvalue weighted by atomic mass is 35.5.